The fourth-order valence-corrected chi connectivity index (χ4v) is 1.91. The van der Waals surface area contributed by atoms with Crippen LogP contribution in [0.1, 0.15) is 39.2 Å². The molecule has 1 aliphatic rings. The van der Waals surface area contributed by atoms with Gasteiger partial charge in [0.05, 0.1) is 12.1 Å². The van der Waals surface area contributed by atoms with E-state index in [4.69, 9.17) is 19.3 Å². The number of nitrogens with zero attached hydrogens (tertiary/aromatic N) is 1. The maximum atomic E-state index is 12.2. The Labute approximate surface area is 164 Å². The first-order valence-electron chi connectivity index (χ1n) is 8.65. The van der Waals surface area contributed by atoms with E-state index in [1.165, 1.54) is 0 Å². The van der Waals surface area contributed by atoms with Crippen molar-refractivity contribution in [3.05, 3.63) is 35.9 Å². The van der Waals surface area contributed by atoms with E-state index in [9.17, 15) is 19.3 Å². The number of carbonyl (C=O) groups excluding carboxylic acids is 2. The molecule has 0 radical (unpaired) electrons. The lowest BCUT2D eigenvalue weighted by molar-refractivity contribution is 0.00766. The molecule has 0 aliphatic heterocycles. The quantitative estimate of drug-likeness (QED) is 0.637. The largest absolute Gasteiger partial charge is 0.444 e. The van der Waals surface area contributed by atoms with Gasteiger partial charge < -0.3 is 24.4 Å². The molecule has 1 aromatic carbocycles. The van der Waals surface area contributed by atoms with Crippen LogP contribution in [0.2, 0.25) is 0 Å². The minimum atomic E-state index is -3.64. The average Bonchev–Trinajstić information content (AvgIpc) is 3.26. The molecule has 0 heterocycles. The standard InChI is InChI=1S/C17H23NO5.CH5O3P/c1-16(2,3)23-15(20)18(12-17(21)9-10-17)14(19)22-11-13-7-5-4-6-8-13;1-5(2,3)4/h4-8,21H,9-12H2,1-3H3;1H3,(H2,2,3,4). The molecule has 0 spiro atoms. The van der Waals surface area contributed by atoms with E-state index < -0.39 is 31.0 Å². The Morgan fingerprint density at radius 1 is 1.14 bits per heavy atom. The van der Waals surface area contributed by atoms with E-state index in [0.717, 1.165) is 17.1 Å². The molecule has 3 N–H and O–H groups in total. The third-order valence-corrected chi connectivity index (χ3v) is 3.32. The fourth-order valence-electron chi connectivity index (χ4n) is 1.91. The molecule has 9 nitrogen and oxygen atoms in total. The van der Waals surface area contributed by atoms with Crippen LogP contribution in [-0.2, 0) is 20.6 Å². The van der Waals surface area contributed by atoms with Crippen molar-refractivity contribution in [3.63, 3.8) is 0 Å². The van der Waals surface area contributed by atoms with Crippen LogP contribution in [0.3, 0.4) is 0 Å². The molecular weight excluding hydrogens is 389 g/mol. The van der Waals surface area contributed by atoms with Crippen molar-refractivity contribution in [1.82, 2.24) is 4.90 Å². The summed E-state index contributed by atoms with van der Waals surface area (Å²) in [5.41, 5.74) is -0.931. The summed E-state index contributed by atoms with van der Waals surface area (Å²) in [6.45, 7) is 5.93. The van der Waals surface area contributed by atoms with E-state index in [2.05, 4.69) is 0 Å². The molecule has 0 saturated heterocycles. The summed E-state index contributed by atoms with van der Waals surface area (Å²) in [6.07, 6.45) is -0.518. The zero-order valence-electron chi connectivity index (χ0n) is 16.5. The van der Waals surface area contributed by atoms with Gasteiger partial charge in [-0.15, -0.1) is 0 Å². The third kappa shape index (κ3) is 11.0. The Bertz CT molecular complexity index is 698. The predicted molar refractivity (Wildman–Crippen MR) is 102 cm³/mol. The molecule has 1 saturated carbocycles. The van der Waals surface area contributed by atoms with Gasteiger partial charge in [-0.2, -0.15) is 0 Å². The molecule has 1 aromatic rings. The maximum Gasteiger partial charge on any atom is 0.419 e. The molecule has 0 unspecified atom stereocenters. The number of hydrogen-bond acceptors (Lipinski definition) is 6. The van der Waals surface area contributed by atoms with Crippen molar-refractivity contribution in [1.29, 1.82) is 0 Å². The number of rotatable bonds is 4. The van der Waals surface area contributed by atoms with Gasteiger partial charge in [0.2, 0.25) is 0 Å². The molecule has 158 valence electrons. The Balaban J connectivity index is 0.000000696. The minimum absolute atomic E-state index is 0.0530. The Hall–Kier alpha value is -1.93. The van der Waals surface area contributed by atoms with Gasteiger partial charge in [-0.1, -0.05) is 30.3 Å². The first kappa shape index (κ1) is 24.1. The van der Waals surface area contributed by atoms with Gasteiger partial charge in [0, 0.05) is 6.66 Å². The number of ether oxygens (including phenoxy) is 2. The summed E-state index contributed by atoms with van der Waals surface area (Å²) in [4.78, 5) is 40.5. The Morgan fingerprint density at radius 3 is 2.07 bits per heavy atom. The van der Waals surface area contributed by atoms with Gasteiger partial charge in [-0.25, -0.2) is 14.5 Å². The fraction of sp³-hybridized carbons (Fsp3) is 0.556. The molecule has 10 heteroatoms. The number of hydrogen-bond donors (Lipinski definition) is 3. The van der Waals surface area contributed by atoms with E-state index in [1.807, 2.05) is 30.3 Å². The average molecular weight is 417 g/mol. The van der Waals surface area contributed by atoms with Crippen LogP contribution in [0.5, 0.6) is 0 Å². The second-order valence-corrected chi connectivity index (χ2v) is 9.34. The molecule has 2 rings (SSSR count). The smallest absolute Gasteiger partial charge is 0.419 e. The summed E-state index contributed by atoms with van der Waals surface area (Å²) >= 11 is 0. The summed E-state index contributed by atoms with van der Waals surface area (Å²) in [7, 11) is -3.64. The molecule has 1 aliphatic carbocycles. The summed E-state index contributed by atoms with van der Waals surface area (Å²) in [6, 6.07) is 9.17. The molecular formula is C18H28NO8P. The van der Waals surface area contributed by atoms with Crippen LogP contribution in [0, 0.1) is 0 Å². The van der Waals surface area contributed by atoms with Gasteiger partial charge in [-0.3, -0.25) is 4.57 Å². The van der Waals surface area contributed by atoms with Gasteiger partial charge in [0.15, 0.2) is 0 Å². The van der Waals surface area contributed by atoms with Gasteiger partial charge in [0.25, 0.3) is 0 Å². The summed E-state index contributed by atoms with van der Waals surface area (Å²) in [5.74, 6) is 0. The number of benzene rings is 1. The van der Waals surface area contributed by atoms with Crippen molar-refractivity contribution >= 4 is 19.8 Å². The van der Waals surface area contributed by atoms with E-state index in [-0.39, 0.29) is 13.2 Å². The maximum absolute atomic E-state index is 12.2. The highest BCUT2D eigenvalue weighted by atomic mass is 31.2. The van der Waals surface area contributed by atoms with Crippen molar-refractivity contribution in [2.45, 2.75) is 51.4 Å². The van der Waals surface area contributed by atoms with Crippen molar-refractivity contribution in [3.8, 4) is 0 Å². The molecule has 2 amide bonds. The van der Waals surface area contributed by atoms with E-state index in [1.54, 1.807) is 20.8 Å². The van der Waals surface area contributed by atoms with Crippen LogP contribution < -0.4 is 0 Å². The van der Waals surface area contributed by atoms with Crippen molar-refractivity contribution in [2.75, 3.05) is 13.2 Å². The van der Waals surface area contributed by atoms with Gasteiger partial charge in [-0.05, 0) is 39.2 Å². The van der Waals surface area contributed by atoms with E-state index >= 15 is 0 Å². The van der Waals surface area contributed by atoms with Gasteiger partial charge >= 0.3 is 19.8 Å². The van der Waals surface area contributed by atoms with Gasteiger partial charge in [0.1, 0.15) is 12.2 Å². The monoisotopic (exact) mass is 417 g/mol. The highest BCUT2D eigenvalue weighted by molar-refractivity contribution is 7.50. The molecule has 28 heavy (non-hydrogen) atoms. The zero-order chi connectivity index (χ0) is 21.6. The highest BCUT2D eigenvalue weighted by Gasteiger charge is 2.45. The Morgan fingerprint density at radius 2 is 1.64 bits per heavy atom. The van der Waals surface area contributed by atoms with Crippen LogP contribution in [0.4, 0.5) is 9.59 Å². The Kier molecular flexibility index (Phi) is 8.19. The van der Waals surface area contributed by atoms with Crippen LogP contribution in [0.15, 0.2) is 30.3 Å². The normalized spacial score (nSPS) is 15.0. The topological polar surface area (TPSA) is 134 Å². The number of carbonyl (C=O) groups is 2. The highest BCUT2D eigenvalue weighted by Crippen LogP contribution is 2.36. The molecule has 0 atom stereocenters. The van der Waals surface area contributed by atoms with Crippen molar-refractivity contribution < 1.29 is 38.5 Å². The lowest BCUT2D eigenvalue weighted by Gasteiger charge is -2.27. The zero-order valence-corrected chi connectivity index (χ0v) is 17.4. The minimum Gasteiger partial charge on any atom is -0.444 e. The SMILES string of the molecule is CC(C)(C)OC(=O)N(CC1(O)CC1)C(=O)OCc1ccccc1.CP(=O)(O)O. The first-order valence-corrected chi connectivity index (χ1v) is 10.7. The second-order valence-electron chi connectivity index (χ2n) is 7.67. The van der Waals surface area contributed by atoms with Crippen LogP contribution >= 0.6 is 7.60 Å². The van der Waals surface area contributed by atoms with E-state index in [0.29, 0.717) is 12.8 Å². The summed E-state index contributed by atoms with van der Waals surface area (Å²) < 4.78 is 19.7. The van der Waals surface area contributed by atoms with Crippen LogP contribution in [0.25, 0.3) is 0 Å². The summed E-state index contributed by atoms with van der Waals surface area (Å²) in [5, 5.41) is 10.0. The first-order chi connectivity index (χ1) is 12.7. The molecule has 0 aromatic heterocycles. The number of aliphatic hydroxyl groups is 1. The van der Waals surface area contributed by atoms with Crippen molar-refractivity contribution in [2.24, 2.45) is 0 Å². The lowest BCUT2D eigenvalue weighted by Crippen LogP contribution is -2.45. The number of amides is 2. The van der Waals surface area contributed by atoms with Crippen LogP contribution in [-0.4, -0.2) is 56.4 Å². The number of imide groups is 1. The molecule has 1 fully saturated rings. The predicted octanol–water partition coefficient (Wildman–Crippen LogP) is 2.88. The second kappa shape index (κ2) is 9.52. The lowest BCUT2D eigenvalue weighted by atomic mass is 10.2. The molecule has 0 bridgehead atoms. The third-order valence-electron chi connectivity index (χ3n) is 3.32.